The summed E-state index contributed by atoms with van der Waals surface area (Å²) in [6, 6.07) is 8.33. The monoisotopic (exact) mass is 174 g/mol. The third kappa shape index (κ3) is 11.2. The van der Waals surface area contributed by atoms with Crippen LogP contribution in [0.25, 0.3) is 0 Å². The highest BCUT2D eigenvalue weighted by Gasteiger charge is 1.64. The molecular formula is C7H14N2O3. The van der Waals surface area contributed by atoms with Gasteiger partial charge in [-0.3, -0.25) is 0 Å². The van der Waals surface area contributed by atoms with Gasteiger partial charge in [-0.1, -0.05) is 30.3 Å². The van der Waals surface area contributed by atoms with Gasteiger partial charge >= 0.3 is 0 Å². The number of quaternary nitrogens is 2. The quantitative estimate of drug-likeness (QED) is 0.530. The average molecular weight is 174 g/mol. The summed E-state index contributed by atoms with van der Waals surface area (Å²) >= 11 is 0. The Hall–Kier alpha value is -1.59. The summed E-state index contributed by atoms with van der Waals surface area (Å²) in [5.41, 5.74) is 0. The van der Waals surface area contributed by atoms with Crippen molar-refractivity contribution in [1.82, 2.24) is 12.3 Å². The Morgan fingerprint density at radius 2 is 1.42 bits per heavy atom. The summed E-state index contributed by atoms with van der Waals surface area (Å²) in [7, 11) is 0. The summed E-state index contributed by atoms with van der Waals surface area (Å²) in [5, 5.41) is 18.5. The maximum Gasteiger partial charge on any atom is 0.0275 e. The number of benzene rings is 1. The predicted octanol–water partition coefficient (Wildman–Crippen LogP) is -0.121. The van der Waals surface area contributed by atoms with Gasteiger partial charge in [-0.15, -0.1) is 5.75 Å². The van der Waals surface area contributed by atoms with Gasteiger partial charge < -0.3 is 27.3 Å². The summed E-state index contributed by atoms with van der Waals surface area (Å²) in [6.45, 7) is -0.500. The lowest BCUT2D eigenvalue weighted by Crippen LogP contribution is -2.01. The first kappa shape index (κ1) is 16.8. The number of hydrogen-bond acceptors (Lipinski definition) is 3. The van der Waals surface area contributed by atoms with E-state index in [-0.39, 0.29) is 18.1 Å². The second-order valence-corrected chi connectivity index (χ2v) is 1.41. The fourth-order valence-corrected chi connectivity index (χ4v) is 0.420. The lowest BCUT2D eigenvalue weighted by molar-refractivity contribution is -0.283. The summed E-state index contributed by atoms with van der Waals surface area (Å²) in [5.74, 6) is 0.0718. The molecular weight excluding hydrogens is 160 g/mol. The van der Waals surface area contributed by atoms with Crippen LogP contribution in [0.3, 0.4) is 0 Å². The van der Waals surface area contributed by atoms with Crippen LogP contribution in [-0.2, 0) is 4.79 Å². The Morgan fingerprint density at radius 3 is 1.58 bits per heavy atom. The first-order valence-corrected chi connectivity index (χ1v) is 2.59. The summed E-state index contributed by atoms with van der Waals surface area (Å²) in [6.07, 6.45) is 0. The minimum atomic E-state index is -0.500. The molecule has 8 N–H and O–H groups in total. The molecule has 0 bridgehead atoms. The molecule has 0 aliphatic heterocycles. The molecule has 0 aromatic heterocycles. The molecule has 0 amide bonds. The van der Waals surface area contributed by atoms with Crippen molar-refractivity contribution in [3.63, 3.8) is 0 Å². The summed E-state index contributed by atoms with van der Waals surface area (Å²) in [4.78, 5) is 8.25. The number of hydrogen-bond donors (Lipinski definition) is 2. The van der Waals surface area contributed by atoms with Gasteiger partial charge in [-0.25, -0.2) is 0 Å². The molecule has 1 aromatic rings. The van der Waals surface area contributed by atoms with Gasteiger partial charge in [-0.2, -0.15) is 0 Å². The average Bonchev–Trinajstić information content (AvgIpc) is 1.91. The molecule has 5 nitrogen and oxygen atoms in total. The van der Waals surface area contributed by atoms with Crippen molar-refractivity contribution in [3.8, 4) is 5.75 Å². The zero-order chi connectivity index (χ0) is 7.82. The van der Waals surface area contributed by atoms with E-state index in [1.165, 1.54) is 12.1 Å². The van der Waals surface area contributed by atoms with Gasteiger partial charge in [0, 0.05) is 6.47 Å². The lowest BCUT2D eigenvalue weighted by atomic mass is 10.3. The van der Waals surface area contributed by atoms with E-state index >= 15 is 0 Å². The van der Waals surface area contributed by atoms with E-state index < -0.39 is 6.47 Å². The Labute approximate surface area is 70.8 Å². The number of para-hydroxylation sites is 1. The van der Waals surface area contributed by atoms with Crippen LogP contribution in [0.5, 0.6) is 5.75 Å². The largest absolute Gasteiger partial charge is 0.872 e. The molecule has 1 rings (SSSR count). The Kier molecular flexibility index (Phi) is 17.0. The molecule has 1 aromatic carbocycles. The van der Waals surface area contributed by atoms with Gasteiger partial charge in [0.1, 0.15) is 0 Å². The minimum Gasteiger partial charge on any atom is -0.872 e. The van der Waals surface area contributed by atoms with Crippen molar-refractivity contribution in [2.75, 3.05) is 0 Å². The molecule has 0 radical (unpaired) electrons. The topological polar surface area (TPSA) is 136 Å². The van der Waals surface area contributed by atoms with Gasteiger partial charge in [0.2, 0.25) is 0 Å². The minimum absolute atomic E-state index is 0. The molecule has 12 heavy (non-hydrogen) atoms. The van der Waals surface area contributed by atoms with E-state index in [9.17, 15) is 5.11 Å². The van der Waals surface area contributed by atoms with Crippen LogP contribution in [0, 0.1) is 0 Å². The van der Waals surface area contributed by atoms with E-state index in [1.807, 2.05) is 6.07 Å². The van der Waals surface area contributed by atoms with E-state index in [4.69, 9.17) is 9.90 Å². The van der Waals surface area contributed by atoms with Crippen molar-refractivity contribution < 1.29 is 15.0 Å². The first-order valence-electron chi connectivity index (χ1n) is 2.59. The number of carbonyl (C=O) groups excluding carboxylic acids is 1. The highest BCUT2D eigenvalue weighted by Crippen LogP contribution is 1.98. The number of carbonyl (C=O) groups is 1. The van der Waals surface area contributed by atoms with E-state index in [1.54, 1.807) is 12.1 Å². The van der Waals surface area contributed by atoms with Crippen LogP contribution < -0.4 is 22.5 Å². The van der Waals surface area contributed by atoms with Crippen LogP contribution in [0.2, 0.25) is 0 Å². The second kappa shape index (κ2) is 12.1. The number of carboxylic acid groups (broad SMARTS) is 1. The standard InChI is InChI=1S/C6H6O.CH2O2.2H3N/c7-6-4-2-1-3-5-6;2-1-3;;/h1-5,7H;1H,(H,2,3);2*1H3. The Bertz CT molecular complexity index is 179. The lowest BCUT2D eigenvalue weighted by Gasteiger charge is -1.98. The van der Waals surface area contributed by atoms with Crippen LogP contribution in [0.4, 0.5) is 0 Å². The third-order valence-electron chi connectivity index (χ3n) is 0.743. The van der Waals surface area contributed by atoms with Crippen molar-refractivity contribution in [3.05, 3.63) is 30.3 Å². The molecule has 0 aliphatic carbocycles. The molecule has 0 saturated heterocycles. The van der Waals surface area contributed by atoms with E-state index in [2.05, 4.69) is 0 Å². The van der Waals surface area contributed by atoms with Crippen LogP contribution >= 0.6 is 0 Å². The Morgan fingerprint density at radius 1 is 1.08 bits per heavy atom. The van der Waals surface area contributed by atoms with Gasteiger partial charge in [0.25, 0.3) is 0 Å². The van der Waals surface area contributed by atoms with Crippen molar-refractivity contribution in [2.24, 2.45) is 0 Å². The Balaban J connectivity index is -0.000000146. The van der Waals surface area contributed by atoms with Gasteiger partial charge in [0.05, 0.1) is 0 Å². The zero-order valence-corrected chi connectivity index (χ0v) is 7.19. The fourth-order valence-electron chi connectivity index (χ4n) is 0.420. The smallest absolute Gasteiger partial charge is 0.0275 e. The maximum atomic E-state index is 10.3. The van der Waals surface area contributed by atoms with Crippen molar-refractivity contribution in [1.29, 1.82) is 0 Å². The molecule has 0 atom stereocenters. The van der Waals surface area contributed by atoms with Crippen molar-refractivity contribution in [2.45, 2.75) is 0 Å². The third-order valence-corrected chi connectivity index (χ3v) is 0.743. The van der Waals surface area contributed by atoms with E-state index in [0.29, 0.717) is 0 Å². The number of rotatable bonds is 0. The van der Waals surface area contributed by atoms with E-state index in [0.717, 1.165) is 0 Å². The fraction of sp³-hybridized carbons (Fsp3) is 0. The molecule has 0 heterocycles. The molecule has 5 heteroatoms. The molecule has 70 valence electrons. The molecule has 0 spiro atoms. The SMILES string of the molecule is O=C[O-].[NH4+].[NH4+].[O-]c1ccccc1. The van der Waals surface area contributed by atoms with Crippen LogP contribution in [0.15, 0.2) is 30.3 Å². The first-order chi connectivity index (χ1) is 4.81. The highest BCUT2D eigenvalue weighted by molar-refractivity contribution is 5.29. The normalized spacial score (nSPS) is 6.00. The van der Waals surface area contributed by atoms with Gasteiger partial charge in [0.15, 0.2) is 0 Å². The highest BCUT2D eigenvalue weighted by atomic mass is 16.3. The molecule has 0 fully saturated rings. The second-order valence-electron chi connectivity index (χ2n) is 1.41. The molecule has 0 unspecified atom stereocenters. The zero-order valence-electron chi connectivity index (χ0n) is 7.19. The predicted molar refractivity (Wildman–Crippen MR) is 43.9 cm³/mol. The maximum absolute atomic E-state index is 10.3. The van der Waals surface area contributed by atoms with Gasteiger partial charge in [-0.05, 0) is 0 Å². The molecule has 0 saturated carbocycles. The molecule has 0 aliphatic rings. The summed E-state index contributed by atoms with van der Waals surface area (Å²) < 4.78 is 0. The van der Waals surface area contributed by atoms with Crippen LogP contribution in [0.1, 0.15) is 0 Å². The van der Waals surface area contributed by atoms with Crippen molar-refractivity contribution >= 4 is 6.47 Å². The van der Waals surface area contributed by atoms with Crippen LogP contribution in [-0.4, -0.2) is 6.47 Å².